The lowest BCUT2D eigenvalue weighted by atomic mass is 9.70. The third-order valence-electron chi connectivity index (χ3n) is 9.04. The number of alkyl halides is 2. The van der Waals surface area contributed by atoms with Crippen LogP contribution in [-0.4, -0.2) is 62.8 Å². The number of hydrogen-bond acceptors (Lipinski definition) is 5. The second-order valence-corrected chi connectivity index (χ2v) is 11.1. The number of aromatic nitrogens is 2. The van der Waals surface area contributed by atoms with Crippen LogP contribution >= 0.6 is 0 Å². The maximum Gasteiger partial charge on any atom is 0.270 e. The molecule has 0 saturated carbocycles. The summed E-state index contributed by atoms with van der Waals surface area (Å²) in [4.78, 5) is 40.5. The molecule has 8 nitrogen and oxygen atoms in total. The van der Waals surface area contributed by atoms with Gasteiger partial charge in [-0.3, -0.25) is 29.7 Å². The number of aromatic amines is 1. The van der Waals surface area contributed by atoms with E-state index < -0.39 is 23.3 Å². The van der Waals surface area contributed by atoms with Crippen molar-refractivity contribution < 1.29 is 23.2 Å². The second kappa shape index (κ2) is 8.17. The Morgan fingerprint density at radius 2 is 1.92 bits per heavy atom. The standard InChI is InChI=1S/C28H27F2N5O3/c29-28(30)15-34(13-16-1-2-17-12-31-33-22(17)11-16)10-9-27(28)8-7-18-20-14-35(23-5-6-24(36)32-25(23)37)26(38)19(20)3-4-21(18)27/h1-4,11-12,23H,5-10,13-15H2,(H,31,33)(H,32,36,37)/t23-,27?/m0/s1. The molecule has 1 aliphatic carbocycles. The molecule has 2 atom stereocenters. The number of nitrogens with one attached hydrogen (secondary N) is 2. The van der Waals surface area contributed by atoms with E-state index in [1.807, 2.05) is 23.1 Å². The highest BCUT2D eigenvalue weighted by molar-refractivity contribution is 6.05. The summed E-state index contributed by atoms with van der Waals surface area (Å²) in [7, 11) is 0. The van der Waals surface area contributed by atoms with E-state index in [1.165, 1.54) is 4.90 Å². The van der Waals surface area contributed by atoms with Crippen molar-refractivity contribution in [2.75, 3.05) is 13.1 Å². The van der Waals surface area contributed by atoms with Crippen molar-refractivity contribution in [3.8, 4) is 0 Å². The van der Waals surface area contributed by atoms with Gasteiger partial charge in [-0.05, 0) is 66.6 Å². The van der Waals surface area contributed by atoms with Crippen LogP contribution in [0, 0.1) is 0 Å². The van der Waals surface area contributed by atoms with Gasteiger partial charge in [-0.15, -0.1) is 0 Å². The Kier molecular flexibility index (Phi) is 5.04. The van der Waals surface area contributed by atoms with Crippen LogP contribution in [0.25, 0.3) is 10.9 Å². The topological polar surface area (TPSA) is 98.4 Å². The Morgan fingerprint density at radius 3 is 2.74 bits per heavy atom. The van der Waals surface area contributed by atoms with Crippen LogP contribution in [0.5, 0.6) is 0 Å². The van der Waals surface area contributed by atoms with Crippen LogP contribution in [0.4, 0.5) is 8.78 Å². The summed E-state index contributed by atoms with van der Waals surface area (Å²) in [6.07, 6.45) is 3.36. The molecule has 7 rings (SSSR count). The molecule has 3 aromatic rings. The molecule has 2 fully saturated rings. The lowest BCUT2D eigenvalue weighted by Gasteiger charge is -2.46. The zero-order valence-corrected chi connectivity index (χ0v) is 20.7. The van der Waals surface area contributed by atoms with Gasteiger partial charge in [0.1, 0.15) is 6.04 Å². The normalized spacial score (nSPS) is 26.7. The monoisotopic (exact) mass is 519 g/mol. The smallest absolute Gasteiger partial charge is 0.270 e. The van der Waals surface area contributed by atoms with E-state index in [2.05, 4.69) is 15.5 Å². The van der Waals surface area contributed by atoms with Gasteiger partial charge in [0.2, 0.25) is 11.8 Å². The minimum atomic E-state index is -2.94. The van der Waals surface area contributed by atoms with Crippen molar-refractivity contribution in [3.63, 3.8) is 0 Å². The lowest BCUT2D eigenvalue weighted by molar-refractivity contribution is -0.137. The molecule has 1 unspecified atom stereocenters. The number of halogens is 2. The maximum atomic E-state index is 16.1. The van der Waals surface area contributed by atoms with E-state index in [4.69, 9.17) is 0 Å². The number of fused-ring (bicyclic) bond motifs is 5. The van der Waals surface area contributed by atoms with Gasteiger partial charge < -0.3 is 4.90 Å². The van der Waals surface area contributed by atoms with Gasteiger partial charge in [0, 0.05) is 30.5 Å². The fourth-order valence-corrected chi connectivity index (χ4v) is 7.07. The van der Waals surface area contributed by atoms with Crippen LogP contribution in [-0.2, 0) is 34.5 Å². The largest absolute Gasteiger partial charge is 0.322 e. The highest BCUT2D eigenvalue weighted by atomic mass is 19.3. The summed E-state index contributed by atoms with van der Waals surface area (Å²) in [5.41, 5.74) is 3.33. The van der Waals surface area contributed by atoms with Crippen molar-refractivity contribution in [1.29, 1.82) is 0 Å². The summed E-state index contributed by atoms with van der Waals surface area (Å²) in [5, 5.41) is 10.3. The Balaban J connectivity index is 1.14. The third-order valence-corrected chi connectivity index (χ3v) is 9.04. The molecule has 2 saturated heterocycles. The highest BCUT2D eigenvalue weighted by Gasteiger charge is 2.60. The fraction of sp³-hybridized carbons (Fsp3) is 0.429. The van der Waals surface area contributed by atoms with Gasteiger partial charge in [0.25, 0.3) is 11.8 Å². The van der Waals surface area contributed by atoms with E-state index in [0.717, 1.165) is 27.6 Å². The first-order chi connectivity index (χ1) is 18.3. The van der Waals surface area contributed by atoms with Gasteiger partial charge in [-0.2, -0.15) is 5.10 Å². The van der Waals surface area contributed by atoms with Crippen LogP contribution in [0.15, 0.2) is 36.5 Å². The number of imide groups is 1. The number of carbonyl (C=O) groups excluding carboxylic acids is 3. The minimum absolute atomic E-state index is 0.177. The van der Waals surface area contributed by atoms with Crippen LogP contribution in [0.2, 0.25) is 0 Å². The zero-order chi connectivity index (χ0) is 26.2. The number of H-pyrrole nitrogens is 1. The van der Waals surface area contributed by atoms with Gasteiger partial charge in [0.15, 0.2) is 0 Å². The molecule has 1 spiro atoms. The molecule has 0 radical (unpaired) electrons. The third kappa shape index (κ3) is 3.35. The van der Waals surface area contributed by atoms with E-state index in [1.54, 1.807) is 18.3 Å². The van der Waals surface area contributed by atoms with Crippen molar-refractivity contribution in [2.24, 2.45) is 0 Å². The first kappa shape index (κ1) is 23.5. The molecule has 2 aromatic carbocycles. The molecule has 2 N–H and O–H groups in total. The molecular formula is C28H27F2N5O3. The van der Waals surface area contributed by atoms with E-state index in [-0.39, 0.29) is 37.7 Å². The van der Waals surface area contributed by atoms with Gasteiger partial charge in [-0.25, -0.2) is 8.78 Å². The van der Waals surface area contributed by atoms with Crippen LogP contribution in [0.3, 0.4) is 0 Å². The van der Waals surface area contributed by atoms with E-state index in [9.17, 15) is 14.4 Å². The Bertz CT molecular complexity index is 1520. The number of piperidine rings is 2. The van der Waals surface area contributed by atoms with E-state index in [0.29, 0.717) is 43.5 Å². The summed E-state index contributed by atoms with van der Waals surface area (Å²) < 4.78 is 32.1. The molecule has 38 heavy (non-hydrogen) atoms. The molecule has 196 valence electrons. The summed E-state index contributed by atoms with van der Waals surface area (Å²) in [5.74, 6) is -4.02. The Labute approximate surface area is 217 Å². The first-order valence-electron chi connectivity index (χ1n) is 13.1. The number of hydrogen-bond donors (Lipinski definition) is 2. The molecule has 3 amide bonds. The molecular weight excluding hydrogens is 492 g/mol. The van der Waals surface area contributed by atoms with Crippen LogP contribution in [0.1, 0.15) is 58.3 Å². The lowest BCUT2D eigenvalue weighted by Crippen LogP contribution is -2.57. The zero-order valence-electron chi connectivity index (χ0n) is 20.7. The van der Waals surface area contributed by atoms with Crippen molar-refractivity contribution in [1.82, 2.24) is 25.3 Å². The van der Waals surface area contributed by atoms with E-state index >= 15 is 8.78 Å². The van der Waals surface area contributed by atoms with Crippen LogP contribution < -0.4 is 5.32 Å². The highest BCUT2D eigenvalue weighted by Crippen LogP contribution is 2.55. The number of nitrogens with zero attached hydrogens (tertiary/aromatic N) is 3. The van der Waals surface area contributed by atoms with Gasteiger partial charge in [-0.1, -0.05) is 18.2 Å². The fourth-order valence-electron chi connectivity index (χ4n) is 7.07. The van der Waals surface area contributed by atoms with Crippen molar-refractivity contribution in [3.05, 3.63) is 64.3 Å². The number of benzene rings is 2. The maximum absolute atomic E-state index is 16.1. The first-order valence-corrected chi connectivity index (χ1v) is 13.1. The molecule has 4 aliphatic rings. The molecule has 4 heterocycles. The van der Waals surface area contributed by atoms with Crippen molar-refractivity contribution >= 4 is 28.6 Å². The molecule has 1 aromatic heterocycles. The van der Waals surface area contributed by atoms with Gasteiger partial charge >= 0.3 is 0 Å². The number of rotatable bonds is 3. The van der Waals surface area contributed by atoms with Crippen molar-refractivity contribution in [2.45, 2.75) is 62.6 Å². The average Bonchev–Trinajstić information content (AvgIpc) is 3.58. The second-order valence-electron chi connectivity index (χ2n) is 11.1. The Hall–Kier alpha value is -3.66. The molecule has 10 heteroatoms. The number of carbonyl (C=O) groups is 3. The molecule has 0 bridgehead atoms. The number of amides is 3. The summed E-state index contributed by atoms with van der Waals surface area (Å²) in [6.45, 7) is 0.876. The molecule has 3 aliphatic heterocycles. The SMILES string of the molecule is O=C1CC[C@H](N2Cc3c(ccc4c3CCC43CCN(Cc4ccc5cn[nH]c5c4)CC3(F)F)C2=O)C(=O)N1. The minimum Gasteiger partial charge on any atom is -0.322 e. The average molecular weight is 520 g/mol. The summed E-state index contributed by atoms with van der Waals surface area (Å²) >= 11 is 0. The predicted molar refractivity (Wildman–Crippen MR) is 133 cm³/mol. The Morgan fingerprint density at radius 1 is 1.05 bits per heavy atom. The number of likely N-dealkylation sites (tertiary alicyclic amines) is 1. The van der Waals surface area contributed by atoms with Gasteiger partial charge in [0.05, 0.1) is 23.7 Å². The summed E-state index contributed by atoms with van der Waals surface area (Å²) in [6, 6.07) is 8.54. The quantitative estimate of drug-likeness (QED) is 0.519. The predicted octanol–water partition coefficient (Wildman–Crippen LogP) is 3.05.